The quantitative estimate of drug-likeness (QED) is 0.876. The highest BCUT2D eigenvalue weighted by atomic mass is 79.9. The van der Waals surface area contributed by atoms with E-state index in [0.29, 0.717) is 18.5 Å². The summed E-state index contributed by atoms with van der Waals surface area (Å²) in [5, 5.41) is 5.59. The first kappa shape index (κ1) is 13.1. The molecule has 1 aromatic carbocycles. The van der Waals surface area contributed by atoms with Crippen LogP contribution in [0.5, 0.6) is 0 Å². The molecule has 1 aliphatic rings. The Bertz CT molecular complexity index is 462. The topological polar surface area (TPSA) is 58.2 Å². The lowest BCUT2D eigenvalue weighted by molar-refractivity contribution is -0.122. The fourth-order valence-corrected chi connectivity index (χ4v) is 2.42. The second kappa shape index (κ2) is 6.00. The highest BCUT2D eigenvalue weighted by Crippen LogP contribution is 2.16. The van der Waals surface area contributed by atoms with Crippen LogP contribution in [-0.2, 0) is 4.79 Å². The molecule has 0 aromatic heterocycles. The van der Waals surface area contributed by atoms with Crippen molar-refractivity contribution in [2.24, 2.45) is 0 Å². The van der Waals surface area contributed by atoms with Gasteiger partial charge in [0.2, 0.25) is 5.91 Å². The van der Waals surface area contributed by atoms with Gasteiger partial charge in [-0.15, -0.1) is 0 Å². The lowest BCUT2D eigenvalue weighted by atomic mass is 10.1. The first-order valence-electron chi connectivity index (χ1n) is 6.01. The molecule has 2 rings (SSSR count). The maximum absolute atomic E-state index is 12.1. The van der Waals surface area contributed by atoms with E-state index >= 15 is 0 Å². The van der Waals surface area contributed by atoms with Gasteiger partial charge in [-0.3, -0.25) is 9.59 Å². The van der Waals surface area contributed by atoms with Crippen molar-refractivity contribution in [1.29, 1.82) is 0 Å². The Morgan fingerprint density at radius 3 is 2.89 bits per heavy atom. The molecule has 1 unspecified atom stereocenters. The lowest BCUT2D eigenvalue weighted by Gasteiger charge is -2.15. The summed E-state index contributed by atoms with van der Waals surface area (Å²) in [5.41, 5.74) is 0.551. The van der Waals surface area contributed by atoms with Gasteiger partial charge in [-0.25, -0.2) is 0 Å². The van der Waals surface area contributed by atoms with Crippen LogP contribution in [0.2, 0.25) is 0 Å². The summed E-state index contributed by atoms with van der Waals surface area (Å²) in [4.78, 5) is 23.8. The molecule has 1 aliphatic heterocycles. The normalized spacial score (nSPS) is 19.8. The predicted molar refractivity (Wildman–Crippen MR) is 72.3 cm³/mol. The third kappa shape index (κ3) is 3.10. The molecule has 1 aromatic rings. The number of hydrogen-bond acceptors (Lipinski definition) is 2. The molecule has 96 valence electrons. The maximum Gasteiger partial charge on any atom is 0.253 e. The third-order valence-electron chi connectivity index (χ3n) is 2.96. The molecule has 5 heteroatoms. The third-order valence-corrected chi connectivity index (χ3v) is 3.65. The highest BCUT2D eigenvalue weighted by Gasteiger charge is 2.23. The van der Waals surface area contributed by atoms with Gasteiger partial charge in [0, 0.05) is 11.0 Å². The highest BCUT2D eigenvalue weighted by molar-refractivity contribution is 9.10. The van der Waals surface area contributed by atoms with Gasteiger partial charge in [-0.1, -0.05) is 12.1 Å². The SMILES string of the molecule is O=C(NC1CCCCNC1=O)c1ccccc1Br. The number of hydrogen-bond donors (Lipinski definition) is 2. The van der Waals surface area contributed by atoms with Crippen LogP contribution in [0.15, 0.2) is 28.7 Å². The second-order valence-electron chi connectivity index (χ2n) is 4.29. The first-order valence-corrected chi connectivity index (χ1v) is 6.81. The van der Waals surface area contributed by atoms with E-state index in [1.165, 1.54) is 0 Å². The van der Waals surface area contributed by atoms with Gasteiger partial charge in [0.1, 0.15) is 6.04 Å². The van der Waals surface area contributed by atoms with E-state index in [4.69, 9.17) is 0 Å². The van der Waals surface area contributed by atoms with Gasteiger partial charge in [0.15, 0.2) is 0 Å². The number of benzene rings is 1. The molecule has 2 amide bonds. The average molecular weight is 311 g/mol. The summed E-state index contributed by atoms with van der Waals surface area (Å²) < 4.78 is 0.733. The van der Waals surface area contributed by atoms with Crippen LogP contribution in [0.25, 0.3) is 0 Å². The van der Waals surface area contributed by atoms with Crippen LogP contribution in [-0.4, -0.2) is 24.4 Å². The molecule has 0 bridgehead atoms. The average Bonchev–Trinajstić information content (AvgIpc) is 2.55. The van der Waals surface area contributed by atoms with Crippen molar-refractivity contribution in [3.8, 4) is 0 Å². The maximum atomic E-state index is 12.1. The van der Waals surface area contributed by atoms with Crippen molar-refractivity contribution in [1.82, 2.24) is 10.6 Å². The molecule has 0 saturated carbocycles. The number of carbonyl (C=O) groups excluding carboxylic acids is 2. The number of amides is 2. The van der Waals surface area contributed by atoms with E-state index in [-0.39, 0.29) is 11.8 Å². The molecule has 0 radical (unpaired) electrons. The van der Waals surface area contributed by atoms with E-state index in [9.17, 15) is 9.59 Å². The van der Waals surface area contributed by atoms with Crippen molar-refractivity contribution < 1.29 is 9.59 Å². The molecular weight excluding hydrogens is 296 g/mol. The summed E-state index contributed by atoms with van der Waals surface area (Å²) in [6.07, 6.45) is 2.61. The number of nitrogens with one attached hydrogen (secondary N) is 2. The molecule has 1 fully saturated rings. The van der Waals surface area contributed by atoms with E-state index in [1.807, 2.05) is 12.1 Å². The number of halogens is 1. The fraction of sp³-hybridized carbons (Fsp3) is 0.385. The van der Waals surface area contributed by atoms with Crippen molar-refractivity contribution >= 4 is 27.7 Å². The standard InChI is InChI=1S/C13H15BrN2O2/c14-10-6-2-1-5-9(10)12(17)16-11-7-3-4-8-15-13(11)18/h1-2,5-6,11H,3-4,7-8H2,(H,15,18)(H,16,17). The summed E-state index contributed by atoms with van der Waals surface area (Å²) >= 11 is 3.33. The number of rotatable bonds is 2. The lowest BCUT2D eigenvalue weighted by Crippen LogP contribution is -2.45. The molecule has 4 nitrogen and oxygen atoms in total. The summed E-state index contributed by atoms with van der Waals surface area (Å²) in [5.74, 6) is -0.308. The van der Waals surface area contributed by atoms with Gasteiger partial charge in [-0.05, 0) is 47.3 Å². The van der Waals surface area contributed by atoms with Gasteiger partial charge in [0.05, 0.1) is 5.56 Å². The first-order chi connectivity index (χ1) is 8.68. The molecule has 18 heavy (non-hydrogen) atoms. The fourth-order valence-electron chi connectivity index (χ4n) is 1.96. The molecule has 1 heterocycles. The predicted octanol–water partition coefficient (Wildman–Crippen LogP) is 1.85. The van der Waals surface area contributed by atoms with Crippen LogP contribution in [0, 0.1) is 0 Å². The van der Waals surface area contributed by atoms with Gasteiger partial charge < -0.3 is 10.6 Å². The second-order valence-corrected chi connectivity index (χ2v) is 5.15. The van der Waals surface area contributed by atoms with Crippen LogP contribution >= 0.6 is 15.9 Å². The Morgan fingerprint density at radius 1 is 1.33 bits per heavy atom. The Labute approximate surface area is 114 Å². The van der Waals surface area contributed by atoms with E-state index in [0.717, 1.165) is 17.3 Å². The monoisotopic (exact) mass is 310 g/mol. The Morgan fingerprint density at radius 2 is 2.11 bits per heavy atom. The van der Waals surface area contributed by atoms with Gasteiger partial charge in [0.25, 0.3) is 5.91 Å². The van der Waals surface area contributed by atoms with Crippen molar-refractivity contribution in [3.63, 3.8) is 0 Å². The molecule has 0 aliphatic carbocycles. The van der Waals surface area contributed by atoms with E-state index in [2.05, 4.69) is 26.6 Å². The van der Waals surface area contributed by atoms with E-state index in [1.54, 1.807) is 12.1 Å². The Balaban J connectivity index is 2.06. The largest absolute Gasteiger partial charge is 0.354 e. The summed E-state index contributed by atoms with van der Waals surface area (Å²) in [7, 11) is 0. The number of carbonyl (C=O) groups is 2. The van der Waals surface area contributed by atoms with Crippen LogP contribution in [0.3, 0.4) is 0 Å². The zero-order valence-corrected chi connectivity index (χ0v) is 11.5. The summed E-state index contributed by atoms with van der Waals surface area (Å²) in [6, 6.07) is 6.76. The van der Waals surface area contributed by atoms with Crippen LogP contribution < -0.4 is 10.6 Å². The van der Waals surface area contributed by atoms with E-state index < -0.39 is 6.04 Å². The Kier molecular flexibility index (Phi) is 4.36. The minimum absolute atomic E-state index is 0.0899. The van der Waals surface area contributed by atoms with Crippen molar-refractivity contribution in [3.05, 3.63) is 34.3 Å². The Hall–Kier alpha value is -1.36. The van der Waals surface area contributed by atoms with Crippen molar-refractivity contribution in [2.45, 2.75) is 25.3 Å². The molecular formula is C13H15BrN2O2. The van der Waals surface area contributed by atoms with Crippen LogP contribution in [0.1, 0.15) is 29.6 Å². The smallest absolute Gasteiger partial charge is 0.253 e. The molecule has 2 N–H and O–H groups in total. The van der Waals surface area contributed by atoms with Gasteiger partial charge in [-0.2, -0.15) is 0 Å². The molecule has 1 saturated heterocycles. The zero-order chi connectivity index (χ0) is 13.0. The molecule has 1 atom stereocenters. The van der Waals surface area contributed by atoms with Crippen LogP contribution in [0.4, 0.5) is 0 Å². The van der Waals surface area contributed by atoms with Gasteiger partial charge >= 0.3 is 0 Å². The zero-order valence-electron chi connectivity index (χ0n) is 9.91. The summed E-state index contributed by atoms with van der Waals surface area (Å²) in [6.45, 7) is 0.695. The minimum atomic E-state index is -0.424. The van der Waals surface area contributed by atoms with Crippen molar-refractivity contribution in [2.75, 3.05) is 6.54 Å². The molecule has 0 spiro atoms. The minimum Gasteiger partial charge on any atom is -0.354 e.